The monoisotopic (exact) mass is 290 g/mol. The van der Waals surface area contributed by atoms with Crippen LogP contribution in [0, 0.1) is 5.41 Å². The Morgan fingerprint density at radius 1 is 1.38 bits per heavy atom. The molecule has 5 nitrogen and oxygen atoms in total. The summed E-state index contributed by atoms with van der Waals surface area (Å²) >= 11 is 0. The van der Waals surface area contributed by atoms with E-state index in [-0.39, 0.29) is 29.5 Å². The van der Waals surface area contributed by atoms with Gasteiger partial charge in [0.15, 0.2) is 6.61 Å². The van der Waals surface area contributed by atoms with E-state index >= 15 is 0 Å². The van der Waals surface area contributed by atoms with E-state index in [1.54, 1.807) is 24.3 Å². The number of ether oxygens (including phenoxy) is 1. The van der Waals surface area contributed by atoms with Crippen molar-refractivity contribution in [3.8, 4) is 5.75 Å². The van der Waals surface area contributed by atoms with E-state index in [9.17, 15) is 9.59 Å². The Balaban J connectivity index is 1.86. The van der Waals surface area contributed by atoms with E-state index in [4.69, 9.17) is 10.5 Å². The molecule has 3 N–H and O–H groups in total. The van der Waals surface area contributed by atoms with Gasteiger partial charge in [0.1, 0.15) is 5.75 Å². The van der Waals surface area contributed by atoms with Crippen LogP contribution in [0.1, 0.15) is 43.5 Å². The van der Waals surface area contributed by atoms with Crippen molar-refractivity contribution in [3.63, 3.8) is 0 Å². The van der Waals surface area contributed by atoms with Gasteiger partial charge in [-0.1, -0.05) is 26.0 Å². The van der Waals surface area contributed by atoms with Gasteiger partial charge in [-0.15, -0.1) is 0 Å². The molecule has 0 aliphatic heterocycles. The number of carbonyl (C=O) groups is 2. The van der Waals surface area contributed by atoms with Crippen molar-refractivity contribution in [1.29, 1.82) is 0 Å². The lowest BCUT2D eigenvalue weighted by molar-refractivity contribution is -0.123. The van der Waals surface area contributed by atoms with Crippen molar-refractivity contribution in [2.75, 3.05) is 6.61 Å². The number of benzene rings is 1. The highest BCUT2D eigenvalue weighted by molar-refractivity contribution is 5.95. The lowest BCUT2D eigenvalue weighted by Crippen LogP contribution is -2.37. The van der Waals surface area contributed by atoms with Gasteiger partial charge in [-0.05, 0) is 36.8 Å². The fourth-order valence-corrected chi connectivity index (χ4v) is 2.77. The zero-order chi connectivity index (χ0) is 15.5. The standard InChI is InChI=1S/C16H22N2O3/c1-16(2)8-7-11(9-16)18-14(19)10-21-13-6-4-3-5-12(13)15(17)20/h3-6,11H,7-10H2,1-2H3,(H2,17,20)(H,18,19). The number of amides is 2. The maximum atomic E-state index is 11.9. The molecule has 0 spiro atoms. The van der Waals surface area contributed by atoms with Crippen LogP contribution < -0.4 is 15.8 Å². The molecule has 1 atom stereocenters. The van der Waals surface area contributed by atoms with E-state index < -0.39 is 5.91 Å². The number of nitrogens with two attached hydrogens (primary N) is 1. The fourth-order valence-electron chi connectivity index (χ4n) is 2.77. The van der Waals surface area contributed by atoms with E-state index in [1.807, 2.05) is 0 Å². The first-order valence-electron chi connectivity index (χ1n) is 7.18. The van der Waals surface area contributed by atoms with Gasteiger partial charge in [0, 0.05) is 6.04 Å². The molecule has 0 saturated heterocycles. The molecule has 5 heteroatoms. The first kappa shape index (κ1) is 15.4. The minimum atomic E-state index is -0.566. The SMILES string of the molecule is CC1(C)CCC(NC(=O)COc2ccccc2C(N)=O)C1. The number of rotatable bonds is 5. The number of hydrogen-bond acceptors (Lipinski definition) is 3. The van der Waals surface area contributed by atoms with Crippen molar-refractivity contribution < 1.29 is 14.3 Å². The van der Waals surface area contributed by atoms with E-state index in [1.165, 1.54) is 0 Å². The molecular formula is C16H22N2O3. The second kappa shape index (κ2) is 6.16. The van der Waals surface area contributed by atoms with Gasteiger partial charge in [0.25, 0.3) is 11.8 Å². The Hall–Kier alpha value is -2.04. The van der Waals surface area contributed by atoms with E-state index in [2.05, 4.69) is 19.2 Å². The zero-order valence-electron chi connectivity index (χ0n) is 12.5. The highest BCUT2D eigenvalue weighted by Crippen LogP contribution is 2.36. The molecule has 21 heavy (non-hydrogen) atoms. The maximum absolute atomic E-state index is 11.9. The Labute approximate surface area is 124 Å². The summed E-state index contributed by atoms with van der Waals surface area (Å²) in [6.07, 6.45) is 3.09. The number of nitrogens with one attached hydrogen (secondary N) is 1. The van der Waals surface area contributed by atoms with Crippen LogP contribution in [0.25, 0.3) is 0 Å². The van der Waals surface area contributed by atoms with Crippen LogP contribution in [0.3, 0.4) is 0 Å². The molecule has 114 valence electrons. The Morgan fingerprint density at radius 2 is 2.10 bits per heavy atom. The number of hydrogen-bond donors (Lipinski definition) is 2. The lowest BCUT2D eigenvalue weighted by atomic mass is 9.92. The Bertz CT molecular complexity index is 540. The molecular weight excluding hydrogens is 268 g/mol. The van der Waals surface area contributed by atoms with Crippen molar-refractivity contribution in [2.24, 2.45) is 11.1 Å². The maximum Gasteiger partial charge on any atom is 0.258 e. The number of para-hydroxylation sites is 1. The second-order valence-electron chi connectivity index (χ2n) is 6.32. The molecule has 2 amide bonds. The average Bonchev–Trinajstić information content (AvgIpc) is 2.75. The van der Waals surface area contributed by atoms with Crippen LogP contribution in [0.2, 0.25) is 0 Å². The van der Waals surface area contributed by atoms with Crippen molar-refractivity contribution >= 4 is 11.8 Å². The molecule has 1 fully saturated rings. The second-order valence-corrected chi connectivity index (χ2v) is 6.32. The van der Waals surface area contributed by atoms with Gasteiger partial charge in [-0.3, -0.25) is 9.59 Å². The minimum absolute atomic E-state index is 0.110. The molecule has 1 aliphatic carbocycles. The van der Waals surface area contributed by atoms with E-state index in [0.29, 0.717) is 5.75 Å². The highest BCUT2D eigenvalue weighted by Gasteiger charge is 2.31. The summed E-state index contributed by atoms with van der Waals surface area (Å²) in [7, 11) is 0. The topological polar surface area (TPSA) is 81.4 Å². The molecule has 2 rings (SSSR count). The van der Waals surface area contributed by atoms with Gasteiger partial charge in [0.2, 0.25) is 0 Å². The van der Waals surface area contributed by atoms with Crippen LogP contribution in [-0.4, -0.2) is 24.5 Å². The largest absolute Gasteiger partial charge is 0.483 e. The normalized spacial score (nSPS) is 20.0. The molecule has 0 bridgehead atoms. The van der Waals surface area contributed by atoms with Gasteiger partial charge < -0.3 is 15.8 Å². The lowest BCUT2D eigenvalue weighted by Gasteiger charge is -2.18. The van der Waals surface area contributed by atoms with Crippen molar-refractivity contribution in [1.82, 2.24) is 5.32 Å². The average molecular weight is 290 g/mol. The summed E-state index contributed by atoms with van der Waals surface area (Å²) in [5.41, 5.74) is 5.84. The molecule has 0 radical (unpaired) electrons. The number of primary amides is 1. The molecule has 0 aromatic heterocycles. The van der Waals surface area contributed by atoms with E-state index in [0.717, 1.165) is 19.3 Å². The molecule has 1 saturated carbocycles. The first-order valence-corrected chi connectivity index (χ1v) is 7.18. The van der Waals surface area contributed by atoms with Gasteiger partial charge in [-0.25, -0.2) is 0 Å². The summed E-state index contributed by atoms with van der Waals surface area (Å²) in [6.45, 7) is 4.30. The van der Waals surface area contributed by atoms with Crippen LogP contribution in [0.15, 0.2) is 24.3 Å². The Kier molecular flexibility index (Phi) is 4.50. The third-order valence-electron chi connectivity index (χ3n) is 3.84. The summed E-state index contributed by atoms with van der Waals surface area (Å²) in [6, 6.07) is 6.86. The predicted molar refractivity (Wildman–Crippen MR) is 80.0 cm³/mol. The van der Waals surface area contributed by atoms with Gasteiger partial charge in [0.05, 0.1) is 5.56 Å². The molecule has 1 aromatic carbocycles. The summed E-state index contributed by atoms with van der Waals surface area (Å²) in [5, 5.41) is 2.97. The van der Waals surface area contributed by atoms with Crippen molar-refractivity contribution in [2.45, 2.75) is 39.2 Å². The Morgan fingerprint density at radius 3 is 2.71 bits per heavy atom. The molecule has 1 aromatic rings. The van der Waals surface area contributed by atoms with Crippen LogP contribution in [0.4, 0.5) is 0 Å². The fraction of sp³-hybridized carbons (Fsp3) is 0.500. The minimum Gasteiger partial charge on any atom is -0.483 e. The zero-order valence-corrected chi connectivity index (χ0v) is 12.5. The van der Waals surface area contributed by atoms with Crippen LogP contribution in [-0.2, 0) is 4.79 Å². The van der Waals surface area contributed by atoms with Gasteiger partial charge in [-0.2, -0.15) is 0 Å². The molecule has 0 heterocycles. The summed E-state index contributed by atoms with van der Waals surface area (Å²) in [4.78, 5) is 23.2. The van der Waals surface area contributed by atoms with Crippen molar-refractivity contribution in [3.05, 3.63) is 29.8 Å². The van der Waals surface area contributed by atoms with Crippen LogP contribution in [0.5, 0.6) is 5.75 Å². The molecule has 1 aliphatic rings. The first-order chi connectivity index (χ1) is 9.87. The highest BCUT2D eigenvalue weighted by atomic mass is 16.5. The summed E-state index contributed by atoms with van der Waals surface area (Å²) < 4.78 is 5.41. The summed E-state index contributed by atoms with van der Waals surface area (Å²) in [5.74, 6) is -0.396. The van der Waals surface area contributed by atoms with Crippen LogP contribution >= 0.6 is 0 Å². The third kappa shape index (κ3) is 4.21. The smallest absolute Gasteiger partial charge is 0.258 e. The van der Waals surface area contributed by atoms with Gasteiger partial charge >= 0.3 is 0 Å². The third-order valence-corrected chi connectivity index (χ3v) is 3.84. The quantitative estimate of drug-likeness (QED) is 0.868. The number of carbonyl (C=O) groups excluding carboxylic acids is 2. The molecule has 1 unspecified atom stereocenters. The predicted octanol–water partition coefficient (Wildman–Crippen LogP) is 1.86.